The van der Waals surface area contributed by atoms with Crippen LogP contribution >= 0.6 is 11.6 Å². The SMILES string of the molecule is Cc1nc2cc(Cl)c(-c3ccc(N)nc3)cc2o1. The van der Waals surface area contributed by atoms with Crippen LogP contribution in [0.25, 0.3) is 22.2 Å². The Balaban J connectivity index is 2.21. The van der Waals surface area contributed by atoms with E-state index in [0.717, 1.165) is 16.6 Å². The van der Waals surface area contributed by atoms with Gasteiger partial charge in [-0.15, -0.1) is 0 Å². The summed E-state index contributed by atoms with van der Waals surface area (Å²) in [5.74, 6) is 1.10. The van der Waals surface area contributed by atoms with Crippen molar-refractivity contribution in [2.75, 3.05) is 5.73 Å². The number of hydrogen-bond acceptors (Lipinski definition) is 4. The summed E-state index contributed by atoms with van der Waals surface area (Å²) in [7, 11) is 0. The molecule has 0 radical (unpaired) electrons. The zero-order valence-corrected chi connectivity index (χ0v) is 10.4. The van der Waals surface area contributed by atoms with Gasteiger partial charge in [0.15, 0.2) is 11.5 Å². The average Bonchev–Trinajstić information content (AvgIpc) is 2.68. The Morgan fingerprint density at radius 3 is 2.83 bits per heavy atom. The molecular formula is C13H10ClN3O. The lowest BCUT2D eigenvalue weighted by atomic mass is 10.1. The molecule has 0 atom stereocenters. The maximum atomic E-state index is 6.25. The molecule has 4 nitrogen and oxygen atoms in total. The molecule has 0 bridgehead atoms. The van der Waals surface area contributed by atoms with Gasteiger partial charge in [0, 0.05) is 24.2 Å². The van der Waals surface area contributed by atoms with Crippen molar-refractivity contribution in [3.8, 4) is 11.1 Å². The Morgan fingerprint density at radius 1 is 1.28 bits per heavy atom. The minimum atomic E-state index is 0.478. The van der Waals surface area contributed by atoms with Crippen LogP contribution in [0, 0.1) is 6.92 Å². The maximum absolute atomic E-state index is 6.25. The van der Waals surface area contributed by atoms with E-state index in [9.17, 15) is 0 Å². The first-order valence-electron chi connectivity index (χ1n) is 5.42. The standard InChI is InChI=1S/C13H10ClN3O/c1-7-17-11-5-10(14)9(4-12(11)18-7)8-2-3-13(15)16-6-8/h2-6H,1H3,(H2,15,16). The van der Waals surface area contributed by atoms with Crippen LogP contribution in [-0.4, -0.2) is 9.97 Å². The fourth-order valence-electron chi connectivity index (χ4n) is 1.85. The van der Waals surface area contributed by atoms with Crippen LogP contribution in [0.1, 0.15) is 5.89 Å². The van der Waals surface area contributed by atoms with Gasteiger partial charge in [0.2, 0.25) is 0 Å². The van der Waals surface area contributed by atoms with E-state index in [0.29, 0.717) is 22.3 Å². The molecule has 3 rings (SSSR count). The summed E-state index contributed by atoms with van der Waals surface area (Å²) in [4.78, 5) is 8.29. The molecular weight excluding hydrogens is 250 g/mol. The molecule has 2 N–H and O–H groups in total. The van der Waals surface area contributed by atoms with Crippen molar-refractivity contribution in [2.24, 2.45) is 0 Å². The molecule has 0 aliphatic rings. The Bertz CT molecular complexity index is 719. The number of aryl methyl sites for hydroxylation is 1. The third-order valence-corrected chi connectivity index (χ3v) is 2.99. The zero-order chi connectivity index (χ0) is 12.7. The number of benzene rings is 1. The molecule has 5 heteroatoms. The fraction of sp³-hybridized carbons (Fsp3) is 0.0769. The molecule has 0 saturated carbocycles. The molecule has 1 aromatic carbocycles. The van der Waals surface area contributed by atoms with E-state index in [1.165, 1.54) is 0 Å². The molecule has 0 fully saturated rings. The largest absolute Gasteiger partial charge is 0.441 e. The van der Waals surface area contributed by atoms with Crippen LogP contribution in [0.15, 0.2) is 34.9 Å². The van der Waals surface area contributed by atoms with E-state index >= 15 is 0 Å². The minimum Gasteiger partial charge on any atom is -0.441 e. The van der Waals surface area contributed by atoms with Gasteiger partial charge in [-0.25, -0.2) is 9.97 Å². The van der Waals surface area contributed by atoms with Gasteiger partial charge in [0.1, 0.15) is 11.3 Å². The summed E-state index contributed by atoms with van der Waals surface area (Å²) < 4.78 is 5.49. The molecule has 0 aliphatic heterocycles. The highest BCUT2D eigenvalue weighted by Gasteiger charge is 2.10. The van der Waals surface area contributed by atoms with Gasteiger partial charge in [-0.2, -0.15) is 0 Å². The quantitative estimate of drug-likeness (QED) is 0.727. The van der Waals surface area contributed by atoms with E-state index in [1.807, 2.05) is 12.1 Å². The lowest BCUT2D eigenvalue weighted by molar-refractivity contribution is 0.561. The summed E-state index contributed by atoms with van der Waals surface area (Å²) in [6.45, 7) is 1.80. The van der Waals surface area contributed by atoms with Gasteiger partial charge in [0.05, 0.1) is 5.02 Å². The summed E-state index contributed by atoms with van der Waals surface area (Å²) >= 11 is 6.25. The summed E-state index contributed by atoms with van der Waals surface area (Å²) in [6, 6.07) is 7.27. The van der Waals surface area contributed by atoms with Crippen molar-refractivity contribution in [3.63, 3.8) is 0 Å². The molecule has 0 aliphatic carbocycles. The minimum absolute atomic E-state index is 0.478. The first-order valence-corrected chi connectivity index (χ1v) is 5.80. The van der Waals surface area contributed by atoms with Gasteiger partial charge in [-0.3, -0.25) is 0 Å². The second-order valence-corrected chi connectivity index (χ2v) is 4.41. The van der Waals surface area contributed by atoms with Crippen molar-refractivity contribution >= 4 is 28.5 Å². The number of hydrogen-bond donors (Lipinski definition) is 1. The van der Waals surface area contributed by atoms with E-state index in [1.54, 1.807) is 25.3 Å². The highest BCUT2D eigenvalue weighted by Crippen LogP contribution is 2.32. The van der Waals surface area contributed by atoms with Crippen molar-refractivity contribution in [1.82, 2.24) is 9.97 Å². The number of oxazole rings is 1. The second-order valence-electron chi connectivity index (χ2n) is 4.00. The van der Waals surface area contributed by atoms with Crippen LogP contribution in [0.3, 0.4) is 0 Å². The molecule has 0 spiro atoms. The highest BCUT2D eigenvalue weighted by molar-refractivity contribution is 6.34. The molecule has 18 heavy (non-hydrogen) atoms. The lowest BCUT2D eigenvalue weighted by Crippen LogP contribution is -1.89. The Labute approximate surface area is 108 Å². The third-order valence-electron chi connectivity index (χ3n) is 2.68. The van der Waals surface area contributed by atoms with Crippen molar-refractivity contribution in [3.05, 3.63) is 41.4 Å². The number of fused-ring (bicyclic) bond motifs is 1. The summed E-state index contributed by atoms with van der Waals surface area (Å²) in [5, 5.41) is 0.613. The molecule has 2 aromatic heterocycles. The predicted molar refractivity (Wildman–Crippen MR) is 71.4 cm³/mol. The smallest absolute Gasteiger partial charge is 0.192 e. The van der Waals surface area contributed by atoms with Crippen LogP contribution < -0.4 is 5.73 Å². The monoisotopic (exact) mass is 259 g/mol. The predicted octanol–water partition coefficient (Wildman–Crippen LogP) is 3.43. The Kier molecular flexibility index (Phi) is 2.45. The molecule has 2 heterocycles. The number of rotatable bonds is 1. The third kappa shape index (κ3) is 1.80. The lowest BCUT2D eigenvalue weighted by Gasteiger charge is -2.04. The van der Waals surface area contributed by atoms with Crippen LogP contribution in [0.2, 0.25) is 5.02 Å². The number of aromatic nitrogens is 2. The van der Waals surface area contributed by atoms with Gasteiger partial charge >= 0.3 is 0 Å². The first kappa shape index (κ1) is 11.0. The van der Waals surface area contributed by atoms with Crippen molar-refractivity contribution in [2.45, 2.75) is 6.92 Å². The molecule has 0 unspecified atom stereocenters. The maximum Gasteiger partial charge on any atom is 0.192 e. The van der Waals surface area contributed by atoms with E-state index in [4.69, 9.17) is 21.8 Å². The van der Waals surface area contributed by atoms with Gasteiger partial charge in [-0.1, -0.05) is 11.6 Å². The second kappa shape index (κ2) is 3.99. The topological polar surface area (TPSA) is 64.9 Å². The molecule has 0 saturated heterocycles. The highest BCUT2D eigenvalue weighted by atomic mass is 35.5. The number of halogens is 1. The first-order chi connectivity index (χ1) is 8.63. The Hall–Kier alpha value is -2.07. The number of nitrogens with zero attached hydrogens (tertiary/aromatic N) is 2. The summed E-state index contributed by atoms with van der Waals surface area (Å²) in [6.07, 6.45) is 1.69. The number of anilines is 1. The Morgan fingerprint density at radius 2 is 2.11 bits per heavy atom. The fourth-order valence-corrected chi connectivity index (χ4v) is 2.12. The van der Waals surface area contributed by atoms with E-state index in [-0.39, 0.29) is 0 Å². The summed E-state index contributed by atoms with van der Waals surface area (Å²) in [5.41, 5.74) is 8.78. The van der Waals surface area contributed by atoms with E-state index < -0.39 is 0 Å². The van der Waals surface area contributed by atoms with Crippen LogP contribution in [0.5, 0.6) is 0 Å². The number of nitrogen functional groups attached to an aromatic ring is 1. The number of nitrogens with two attached hydrogens (primary N) is 1. The van der Waals surface area contributed by atoms with Crippen molar-refractivity contribution < 1.29 is 4.42 Å². The zero-order valence-electron chi connectivity index (χ0n) is 9.64. The molecule has 0 amide bonds. The normalized spacial score (nSPS) is 11.0. The van der Waals surface area contributed by atoms with Crippen LogP contribution in [-0.2, 0) is 0 Å². The van der Waals surface area contributed by atoms with Crippen molar-refractivity contribution in [1.29, 1.82) is 0 Å². The van der Waals surface area contributed by atoms with E-state index in [2.05, 4.69) is 9.97 Å². The molecule has 90 valence electrons. The molecule has 3 aromatic rings. The van der Waals surface area contributed by atoms with Gasteiger partial charge < -0.3 is 10.2 Å². The van der Waals surface area contributed by atoms with Gasteiger partial charge in [-0.05, 0) is 24.3 Å². The van der Waals surface area contributed by atoms with Crippen LogP contribution in [0.4, 0.5) is 5.82 Å². The number of pyridine rings is 1. The average molecular weight is 260 g/mol. The van der Waals surface area contributed by atoms with Gasteiger partial charge in [0.25, 0.3) is 0 Å².